The number of hydrogen-bond acceptors (Lipinski definition) is 4. The van der Waals surface area contributed by atoms with Gasteiger partial charge >= 0.3 is 0 Å². The van der Waals surface area contributed by atoms with Crippen molar-refractivity contribution in [1.82, 2.24) is 20.4 Å². The number of rotatable bonds is 6. The first-order valence-electron chi connectivity index (χ1n) is 10.3. The summed E-state index contributed by atoms with van der Waals surface area (Å²) in [5, 5.41) is 6.82. The number of amides is 1. The molecule has 2 N–H and O–H groups in total. The molecule has 28 heavy (non-hydrogen) atoms. The number of carbonyl (C=O) groups is 1. The molecule has 2 aliphatic rings. The molecule has 2 saturated heterocycles. The predicted octanol–water partition coefficient (Wildman–Crippen LogP) is 1.19. The highest BCUT2D eigenvalue weighted by Gasteiger charge is 2.25. The fourth-order valence-electron chi connectivity index (χ4n) is 3.68. The summed E-state index contributed by atoms with van der Waals surface area (Å²) in [5.74, 6) is 1.01. The van der Waals surface area contributed by atoms with Gasteiger partial charge < -0.3 is 20.3 Å². The fraction of sp³-hybridized carbons (Fsp3) is 0.619. The van der Waals surface area contributed by atoms with Crippen LogP contribution >= 0.6 is 0 Å². The topological polar surface area (TPSA) is 69.2 Å². The van der Waals surface area contributed by atoms with Crippen molar-refractivity contribution >= 4 is 11.9 Å². The maximum absolute atomic E-state index is 11.8. The highest BCUT2D eigenvalue weighted by Crippen LogP contribution is 2.11. The van der Waals surface area contributed by atoms with Gasteiger partial charge in [0.25, 0.3) is 0 Å². The molecule has 3 rings (SSSR count). The van der Waals surface area contributed by atoms with E-state index in [2.05, 4.69) is 44.8 Å². The van der Waals surface area contributed by atoms with E-state index in [4.69, 9.17) is 4.74 Å². The van der Waals surface area contributed by atoms with Crippen molar-refractivity contribution in [3.8, 4) is 0 Å². The summed E-state index contributed by atoms with van der Waals surface area (Å²) in [6, 6.07) is 9.01. The molecular formula is C21H33N5O2. The molecule has 1 amide bonds. The molecule has 1 aromatic rings. The number of nitrogens with zero attached hydrogens (tertiary/aromatic N) is 3. The molecule has 1 atom stereocenters. The van der Waals surface area contributed by atoms with Gasteiger partial charge in [-0.25, -0.2) is 0 Å². The summed E-state index contributed by atoms with van der Waals surface area (Å²) in [6.07, 6.45) is 1.53. The monoisotopic (exact) mass is 387 g/mol. The Morgan fingerprint density at radius 1 is 1.18 bits per heavy atom. The van der Waals surface area contributed by atoms with E-state index in [9.17, 15) is 4.79 Å². The summed E-state index contributed by atoms with van der Waals surface area (Å²) >= 11 is 0. The second kappa shape index (κ2) is 10.4. The van der Waals surface area contributed by atoms with Gasteiger partial charge in [-0.05, 0) is 17.5 Å². The third-order valence-corrected chi connectivity index (χ3v) is 5.40. The van der Waals surface area contributed by atoms with Crippen LogP contribution in [-0.4, -0.2) is 74.1 Å². The number of ether oxygens (including phenoxy) is 1. The molecule has 0 spiro atoms. The van der Waals surface area contributed by atoms with E-state index in [-0.39, 0.29) is 11.9 Å². The Hall–Kier alpha value is -2.12. The number of morpholine rings is 1. The standard InChI is InChI=1S/C21H33N5O2/c1-3-20(27)26-9-8-19(16-26)24-21(22-2)23-14-17-4-6-18(7-5-17)15-25-10-12-28-13-11-25/h4-7,19H,3,8-16H2,1-2H3,(H2,22,23,24). The van der Waals surface area contributed by atoms with Crippen LogP contribution in [0.5, 0.6) is 0 Å². The average Bonchev–Trinajstić information content (AvgIpc) is 3.21. The molecule has 0 aromatic heterocycles. The average molecular weight is 388 g/mol. The third-order valence-electron chi connectivity index (χ3n) is 5.40. The minimum Gasteiger partial charge on any atom is -0.379 e. The van der Waals surface area contributed by atoms with Gasteiger partial charge in [0.05, 0.1) is 13.2 Å². The van der Waals surface area contributed by atoms with Gasteiger partial charge in [0, 0.05) is 58.8 Å². The van der Waals surface area contributed by atoms with Gasteiger partial charge in [-0.15, -0.1) is 0 Å². The first kappa shape index (κ1) is 20.6. The summed E-state index contributed by atoms with van der Waals surface area (Å²) < 4.78 is 5.41. The maximum atomic E-state index is 11.8. The maximum Gasteiger partial charge on any atom is 0.222 e. The Balaban J connectivity index is 1.43. The van der Waals surface area contributed by atoms with Crippen LogP contribution in [0.25, 0.3) is 0 Å². The van der Waals surface area contributed by atoms with Crippen molar-refractivity contribution in [2.75, 3.05) is 46.4 Å². The Morgan fingerprint density at radius 2 is 1.89 bits per heavy atom. The molecule has 2 heterocycles. The van der Waals surface area contributed by atoms with E-state index in [1.807, 2.05) is 11.8 Å². The van der Waals surface area contributed by atoms with Crippen molar-refractivity contribution in [3.63, 3.8) is 0 Å². The number of benzene rings is 1. The zero-order valence-electron chi connectivity index (χ0n) is 17.1. The highest BCUT2D eigenvalue weighted by atomic mass is 16.5. The molecule has 1 unspecified atom stereocenters. The zero-order valence-corrected chi connectivity index (χ0v) is 17.1. The number of likely N-dealkylation sites (tertiary alicyclic amines) is 1. The van der Waals surface area contributed by atoms with E-state index >= 15 is 0 Å². The summed E-state index contributed by atoms with van der Waals surface area (Å²) in [7, 11) is 1.78. The van der Waals surface area contributed by atoms with Gasteiger partial charge in [-0.2, -0.15) is 0 Å². The molecule has 7 heteroatoms. The van der Waals surface area contributed by atoms with E-state index < -0.39 is 0 Å². The van der Waals surface area contributed by atoms with Crippen LogP contribution < -0.4 is 10.6 Å². The Labute approximate surface area is 168 Å². The lowest BCUT2D eigenvalue weighted by Gasteiger charge is -2.26. The lowest BCUT2D eigenvalue weighted by molar-refractivity contribution is -0.129. The normalized spacial score (nSPS) is 21.0. The first-order valence-corrected chi connectivity index (χ1v) is 10.3. The van der Waals surface area contributed by atoms with Gasteiger partial charge in [-0.3, -0.25) is 14.7 Å². The van der Waals surface area contributed by atoms with E-state index in [0.29, 0.717) is 6.42 Å². The largest absolute Gasteiger partial charge is 0.379 e. The third kappa shape index (κ3) is 5.94. The molecule has 2 fully saturated rings. The first-order chi connectivity index (χ1) is 13.7. The minimum atomic E-state index is 0.226. The van der Waals surface area contributed by atoms with Crippen LogP contribution in [-0.2, 0) is 22.6 Å². The van der Waals surface area contributed by atoms with Crippen LogP contribution in [0.2, 0.25) is 0 Å². The number of aliphatic imine (C=N–C) groups is 1. The van der Waals surface area contributed by atoms with Crippen molar-refractivity contribution in [1.29, 1.82) is 0 Å². The Morgan fingerprint density at radius 3 is 2.57 bits per heavy atom. The molecular weight excluding hydrogens is 354 g/mol. The van der Waals surface area contributed by atoms with Crippen molar-refractivity contribution in [2.24, 2.45) is 4.99 Å². The van der Waals surface area contributed by atoms with Crippen LogP contribution in [0, 0.1) is 0 Å². The molecule has 154 valence electrons. The summed E-state index contributed by atoms with van der Waals surface area (Å²) in [5.41, 5.74) is 2.56. The molecule has 0 radical (unpaired) electrons. The van der Waals surface area contributed by atoms with Crippen LogP contribution in [0.15, 0.2) is 29.3 Å². The Kier molecular flexibility index (Phi) is 7.68. The van der Waals surface area contributed by atoms with Crippen LogP contribution in [0.3, 0.4) is 0 Å². The molecule has 0 aliphatic carbocycles. The molecule has 1 aromatic carbocycles. The summed E-state index contributed by atoms with van der Waals surface area (Å²) in [4.78, 5) is 20.5. The molecule has 0 saturated carbocycles. The van der Waals surface area contributed by atoms with Gasteiger partial charge in [0.2, 0.25) is 5.91 Å². The predicted molar refractivity (Wildman–Crippen MR) is 111 cm³/mol. The smallest absolute Gasteiger partial charge is 0.222 e. The summed E-state index contributed by atoms with van der Waals surface area (Å²) in [6.45, 7) is 8.88. The SMILES string of the molecule is CCC(=O)N1CCC(NC(=NC)NCc2ccc(CN3CCOCC3)cc2)C1. The lowest BCUT2D eigenvalue weighted by Crippen LogP contribution is -2.44. The van der Waals surface area contributed by atoms with E-state index in [1.54, 1.807) is 7.05 Å². The van der Waals surface area contributed by atoms with Crippen molar-refractivity contribution in [3.05, 3.63) is 35.4 Å². The second-order valence-electron chi connectivity index (χ2n) is 7.45. The van der Waals surface area contributed by atoms with Gasteiger partial charge in [0.1, 0.15) is 0 Å². The number of carbonyl (C=O) groups excluding carboxylic acids is 1. The number of guanidine groups is 1. The number of nitrogens with one attached hydrogen (secondary N) is 2. The number of hydrogen-bond donors (Lipinski definition) is 2. The second-order valence-corrected chi connectivity index (χ2v) is 7.45. The molecule has 2 aliphatic heterocycles. The van der Waals surface area contributed by atoms with Crippen molar-refractivity contribution in [2.45, 2.75) is 38.9 Å². The quantitative estimate of drug-likeness (QED) is 0.567. The van der Waals surface area contributed by atoms with Gasteiger partial charge in [0.15, 0.2) is 5.96 Å². The van der Waals surface area contributed by atoms with Gasteiger partial charge in [-0.1, -0.05) is 31.2 Å². The minimum absolute atomic E-state index is 0.226. The lowest BCUT2D eigenvalue weighted by atomic mass is 10.1. The van der Waals surface area contributed by atoms with Crippen LogP contribution in [0.1, 0.15) is 30.9 Å². The van der Waals surface area contributed by atoms with Crippen LogP contribution in [0.4, 0.5) is 0 Å². The Bertz CT molecular complexity index is 655. The van der Waals surface area contributed by atoms with Crippen molar-refractivity contribution < 1.29 is 9.53 Å². The fourth-order valence-corrected chi connectivity index (χ4v) is 3.68. The van der Waals surface area contributed by atoms with E-state index in [0.717, 1.165) is 64.9 Å². The highest BCUT2D eigenvalue weighted by molar-refractivity contribution is 5.80. The van der Waals surface area contributed by atoms with E-state index in [1.165, 1.54) is 11.1 Å². The molecule has 0 bridgehead atoms. The molecule has 7 nitrogen and oxygen atoms in total. The zero-order chi connectivity index (χ0) is 19.8.